The predicted octanol–water partition coefficient (Wildman–Crippen LogP) is 2.67. The van der Waals surface area contributed by atoms with Crippen LogP contribution in [0.2, 0.25) is 0 Å². The van der Waals surface area contributed by atoms with Crippen molar-refractivity contribution in [2.24, 2.45) is 0 Å². The first-order valence-corrected chi connectivity index (χ1v) is 8.35. The van der Waals surface area contributed by atoms with Crippen molar-refractivity contribution in [1.29, 1.82) is 0 Å². The molecule has 1 aromatic carbocycles. The molecule has 0 aromatic heterocycles. The number of alkyl halides is 1. The van der Waals surface area contributed by atoms with Crippen molar-refractivity contribution in [3.63, 3.8) is 0 Å². The SMILES string of the molecule is CS(=O)(=O)N1CCC(F)(c2ccc(Br)cc2)CC1. The molecule has 1 aromatic rings. The Hall–Kier alpha value is -0.460. The van der Waals surface area contributed by atoms with Gasteiger partial charge in [-0.05, 0) is 30.5 Å². The van der Waals surface area contributed by atoms with E-state index in [2.05, 4.69) is 15.9 Å². The highest BCUT2D eigenvalue weighted by atomic mass is 79.9. The van der Waals surface area contributed by atoms with Gasteiger partial charge in [-0.25, -0.2) is 17.1 Å². The summed E-state index contributed by atoms with van der Waals surface area (Å²) in [6, 6.07) is 7.11. The molecule has 100 valence electrons. The minimum absolute atomic E-state index is 0.210. The van der Waals surface area contributed by atoms with Crippen LogP contribution in [0.1, 0.15) is 18.4 Å². The van der Waals surface area contributed by atoms with E-state index in [0.717, 1.165) is 10.7 Å². The van der Waals surface area contributed by atoms with Crippen LogP contribution in [0.5, 0.6) is 0 Å². The van der Waals surface area contributed by atoms with Gasteiger partial charge in [-0.3, -0.25) is 0 Å². The molecule has 1 fully saturated rings. The van der Waals surface area contributed by atoms with Crippen LogP contribution in [-0.4, -0.2) is 32.1 Å². The minimum Gasteiger partial charge on any atom is -0.239 e. The Morgan fingerprint density at radius 3 is 2.17 bits per heavy atom. The van der Waals surface area contributed by atoms with Gasteiger partial charge in [-0.2, -0.15) is 0 Å². The molecule has 0 N–H and O–H groups in total. The third-order valence-electron chi connectivity index (χ3n) is 3.35. The summed E-state index contributed by atoms with van der Waals surface area (Å²) in [4.78, 5) is 0. The van der Waals surface area contributed by atoms with Crippen molar-refractivity contribution >= 4 is 26.0 Å². The molecular formula is C12H15BrFNO2S. The standard InChI is InChI=1S/C12H15BrFNO2S/c1-18(16,17)15-8-6-12(14,7-9-15)10-2-4-11(13)5-3-10/h2-5H,6-9H2,1H3. The molecule has 1 saturated heterocycles. The van der Waals surface area contributed by atoms with E-state index >= 15 is 0 Å². The summed E-state index contributed by atoms with van der Waals surface area (Å²) in [5, 5.41) is 0. The molecule has 0 aliphatic carbocycles. The number of nitrogens with zero attached hydrogens (tertiary/aromatic N) is 1. The van der Waals surface area contributed by atoms with Gasteiger partial charge in [0.1, 0.15) is 5.67 Å². The van der Waals surface area contributed by atoms with Crippen LogP contribution in [0, 0.1) is 0 Å². The highest BCUT2D eigenvalue weighted by Crippen LogP contribution is 2.37. The van der Waals surface area contributed by atoms with Gasteiger partial charge in [0.25, 0.3) is 0 Å². The van der Waals surface area contributed by atoms with Gasteiger partial charge >= 0.3 is 0 Å². The second-order valence-corrected chi connectivity index (χ2v) is 7.53. The van der Waals surface area contributed by atoms with Crippen LogP contribution < -0.4 is 0 Å². The maximum atomic E-state index is 14.8. The number of hydrogen-bond acceptors (Lipinski definition) is 2. The summed E-state index contributed by atoms with van der Waals surface area (Å²) in [6.07, 6.45) is 1.58. The lowest BCUT2D eigenvalue weighted by Gasteiger charge is -2.35. The Labute approximate surface area is 115 Å². The Bertz CT molecular complexity index is 522. The van der Waals surface area contributed by atoms with E-state index in [1.54, 1.807) is 24.3 Å². The van der Waals surface area contributed by atoms with Crippen LogP contribution >= 0.6 is 15.9 Å². The predicted molar refractivity (Wildman–Crippen MR) is 72.6 cm³/mol. The fourth-order valence-corrected chi connectivity index (χ4v) is 3.32. The average molecular weight is 336 g/mol. The summed E-state index contributed by atoms with van der Waals surface area (Å²) < 4.78 is 39.8. The summed E-state index contributed by atoms with van der Waals surface area (Å²) in [7, 11) is -3.21. The van der Waals surface area contributed by atoms with Gasteiger partial charge in [0.15, 0.2) is 0 Å². The Morgan fingerprint density at radius 2 is 1.72 bits per heavy atom. The molecule has 18 heavy (non-hydrogen) atoms. The smallest absolute Gasteiger partial charge is 0.211 e. The first kappa shape index (κ1) is 14.0. The topological polar surface area (TPSA) is 37.4 Å². The number of hydrogen-bond donors (Lipinski definition) is 0. The molecule has 0 spiro atoms. The fourth-order valence-electron chi connectivity index (χ4n) is 2.21. The lowest BCUT2D eigenvalue weighted by Crippen LogP contribution is -2.42. The van der Waals surface area contributed by atoms with Crippen molar-refractivity contribution in [3.05, 3.63) is 34.3 Å². The molecule has 0 amide bonds. The second kappa shape index (κ2) is 4.90. The van der Waals surface area contributed by atoms with Crippen molar-refractivity contribution in [2.75, 3.05) is 19.3 Å². The zero-order valence-corrected chi connectivity index (χ0v) is 12.5. The zero-order chi connectivity index (χ0) is 13.4. The van der Waals surface area contributed by atoms with E-state index < -0.39 is 15.7 Å². The lowest BCUT2D eigenvalue weighted by molar-refractivity contribution is 0.0872. The largest absolute Gasteiger partial charge is 0.239 e. The van der Waals surface area contributed by atoms with E-state index in [1.807, 2.05) is 0 Å². The molecule has 1 aliphatic heterocycles. The van der Waals surface area contributed by atoms with E-state index in [0.29, 0.717) is 5.56 Å². The van der Waals surface area contributed by atoms with Gasteiger partial charge in [0, 0.05) is 17.6 Å². The first-order valence-electron chi connectivity index (χ1n) is 5.71. The quantitative estimate of drug-likeness (QED) is 0.833. The number of benzene rings is 1. The van der Waals surface area contributed by atoms with Gasteiger partial charge in [-0.1, -0.05) is 28.1 Å². The van der Waals surface area contributed by atoms with Gasteiger partial charge < -0.3 is 0 Å². The van der Waals surface area contributed by atoms with Crippen molar-refractivity contribution in [3.8, 4) is 0 Å². The average Bonchev–Trinajstić information content (AvgIpc) is 2.29. The van der Waals surface area contributed by atoms with Crippen molar-refractivity contribution in [1.82, 2.24) is 4.31 Å². The third-order valence-corrected chi connectivity index (χ3v) is 5.18. The fraction of sp³-hybridized carbons (Fsp3) is 0.500. The molecule has 6 heteroatoms. The Balaban J connectivity index is 2.14. The molecule has 1 heterocycles. The number of halogens is 2. The highest BCUT2D eigenvalue weighted by molar-refractivity contribution is 9.10. The zero-order valence-electron chi connectivity index (χ0n) is 10.1. The van der Waals surface area contributed by atoms with Gasteiger partial charge in [0.2, 0.25) is 10.0 Å². The van der Waals surface area contributed by atoms with Crippen LogP contribution in [0.4, 0.5) is 4.39 Å². The molecule has 1 aliphatic rings. The highest BCUT2D eigenvalue weighted by Gasteiger charge is 2.38. The monoisotopic (exact) mass is 335 g/mol. The molecule has 0 unspecified atom stereocenters. The molecular weight excluding hydrogens is 321 g/mol. The molecule has 2 rings (SSSR count). The Morgan fingerprint density at radius 1 is 1.22 bits per heavy atom. The maximum absolute atomic E-state index is 14.8. The summed E-state index contributed by atoms with van der Waals surface area (Å²) >= 11 is 3.31. The van der Waals surface area contributed by atoms with E-state index in [4.69, 9.17) is 0 Å². The number of piperidine rings is 1. The molecule has 3 nitrogen and oxygen atoms in total. The Kier molecular flexibility index (Phi) is 3.80. The summed E-state index contributed by atoms with van der Waals surface area (Å²) in [5.74, 6) is 0. The van der Waals surface area contributed by atoms with Gasteiger partial charge in [-0.15, -0.1) is 0 Å². The van der Waals surface area contributed by atoms with E-state index in [-0.39, 0.29) is 25.9 Å². The van der Waals surface area contributed by atoms with Crippen molar-refractivity contribution < 1.29 is 12.8 Å². The van der Waals surface area contributed by atoms with Gasteiger partial charge in [0.05, 0.1) is 6.26 Å². The first-order chi connectivity index (χ1) is 8.31. The maximum Gasteiger partial charge on any atom is 0.211 e. The van der Waals surface area contributed by atoms with Crippen molar-refractivity contribution in [2.45, 2.75) is 18.5 Å². The van der Waals surface area contributed by atoms with Crippen LogP contribution in [-0.2, 0) is 15.7 Å². The number of sulfonamides is 1. The third kappa shape index (κ3) is 2.92. The normalized spacial score (nSPS) is 20.8. The second-order valence-electron chi connectivity index (χ2n) is 4.63. The van der Waals surface area contributed by atoms with E-state index in [9.17, 15) is 12.8 Å². The minimum atomic E-state index is -3.21. The molecule has 0 bridgehead atoms. The lowest BCUT2D eigenvalue weighted by atomic mass is 9.87. The van der Waals surface area contributed by atoms with Crippen LogP contribution in [0.15, 0.2) is 28.7 Å². The van der Waals surface area contributed by atoms with Crippen LogP contribution in [0.3, 0.4) is 0 Å². The number of rotatable bonds is 2. The molecule has 0 saturated carbocycles. The summed E-state index contributed by atoms with van der Waals surface area (Å²) in [5.41, 5.74) is -0.791. The molecule has 0 atom stereocenters. The summed E-state index contributed by atoms with van der Waals surface area (Å²) in [6.45, 7) is 0.483. The van der Waals surface area contributed by atoms with Crippen LogP contribution in [0.25, 0.3) is 0 Å². The van der Waals surface area contributed by atoms with E-state index in [1.165, 1.54) is 4.31 Å². The molecule has 0 radical (unpaired) electrons.